The Balaban J connectivity index is 1.45. The Morgan fingerprint density at radius 3 is 2.70 bits per heavy atom. The average Bonchev–Trinajstić information content (AvgIpc) is 3.27. The van der Waals surface area contributed by atoms with Crippen LogP contribution in [-0.2, 0) is 9.53 Å². The molecule has 0 amide bonds. The minimum absolute atomic E-state index is 0.268. The normalized spacial score (nSPS) is 28.0. The van der Waals surface area contributed by atoms with Crippen LogP contribution in [0.4, 0.5) is 0 Å². The van der Waals surface area contributed by atoms with E-state index in [9.17, 15) is 9.90 Å². The molecule has 2 aliphatic rings. The van der Waals surface area contributed by atoms with Gasteiger partial charge >= 0.3 is 5.97 Å². The molecule has 3 rings (SSSR count). The molecule has 148 valence electrons. The lowest BCUT2D eigenvalue weighted by atomic mass is 9.76. The van der Waals surface area contributed by atoms with Crippen LogP contribution < -0.4 is 0 Å². The van der Waals surface area contributed by atoms with Crippen LogP contribution in [0.15, 0.2) is 42.5 Å². The molecule has 2 saturated heterocycles. The Bertz CT molecular complexity index is 618. The highest BCUT2D eigenvalue weighted by atomic mass is 32.2. The summed E-state index contributed by atoms with van der Waals surface area (Å²) in [5, 5.41) is 19.1. The number of hydrogen-bond acceptors (Lipinski definition) is 4. The van der Waals surface area contributed by atoms with E-state index in [4.69, 9.17) is 9.84 Å². The number of aliphatic hydroxyl groups is 1. The summed E-state index contributed by atoms with van der Waals surface area (Å²) in [6.45, 7) is 0. The number of carbonyl (C=O) groups is 1. The SMILES string of the molecule is O=C(O)CCCSCCC[C@@H]1[C@H](C=CC(O)c2ccccc2)[C@@H]2CC[C@H]1O2. The van der Waals surface area contributed by atoms with Gasteiger partial charge in [0.2, 0.25) is 0 Å². The molecule has 5 atom stereocenters. The molecule has 2 N–H and O–H groups in total. The third-order valence-corrected chi connectivity index (χ3v) is 6.80. The van der Waals surface area contributed by atoms with Crippen LogP contribution in [0.2, 0.25) is 0 Å². The van der Waals surface area contributed by atoms with Gasteiger partial charge in [0.15, 0.2) is 0 Å². The van der Waals surface area contributed by atoms with Gasteiger partial charge in [-0.15, -0.1) is 0 Å². The van der Waals surface area contributed by atoms with Crippen molar-refractivity contribution in [3.05, 3.63) is 48.0 Å². The van der Waals surface area contributed by atoms with Crippen LogP contribution in [0.5, 0.6) is 0 Å². The van der Waals surface area contributed by atoms with Crippen molar-refractivity contribution in [2.75, 3.05) is 11.5 Å². The summed E-state index contributed by atoms with van der Waals surface area (Å²) < 4.78 is 6.15. The molecular formula is C22H30O4S. The van der Waals surface area contributed by atoms with Gasteiger partial charge in [-0.3, -0.25) is 4.79 Å². The van der Waals surface area contributed by atoms with E-state index in [-0.39, 0.29) is 6.42 Å². The molecule has 2 aliphatic heterocycles. The Hall–Kier alpha value is -1.30. The first-order valence-corrected chi connectivity index (χ1v) is 11.2. The number of carboxylic acid groups (broad SMARTS) is 1. The van der Waals surface area contributed by atoms with Crippen LogP contribution in [0, 0.1) is 11.8 Å². The Kier molecular flexibility index (Phi) is 7.80. The first-order chi connectivity index (χ1) is 13.1. The Morgan fingerprint density at radius 1 is 1.19 bits per heavy atom. The summed E-state index contributed by atoms with van der Waals surface area (Å²) in [4.78, 5) is 10.5. The van der Waals surface area contributed by atoms with Crippen molar-refractivity contribution in [3.63, 3.8) is 0 Å². The second-order valence-corrected chi connectivity index (χ2v) is 8.75. The molecule has 1 aromatic rings. The monoisotopic (exact) mass is 390 g/mol. The van der Waals surface area contributed by atoms with Gasteiger partial charge in [0.25, 0.3) is 0 Å². The molecule has 2 fully saturated rings. The predicted molar refractivity (Wildman–Crippen MR) is 109 cm³/mol. The van der Waals surface area contributed by atoms with E-state index in [0.29, 0.717) is 24.0 Å². The fourth-order valence-corrected chi connectivity index (χ4v) is 5.22. The van der Waals surface area contributed by atoms with E-state index in [1.54, 1.807) is 0 Å². The van der Waals surface area contributed by atoms with Gasteiger partial charge in [-0.25, -0.2) is 0 Å². The molecule has 27 heavy (non-hydrogen) atoms. The van der Waals surface area contributed by atoms with E-state index >= 15 is 0 Å². The Labute approximate surface area is 166 Å². The molecule has 0 radical (unpaired) electrons. The van der Waals surface area contributed by atoms with Crippen LogP contribution in [-0.4, -0.2) is 39.9 Å². The molecule has 0 aliphatic carbocycles. The van der Waals surface area contributed by atoms with E-state index in [2.05, 4.69) is 6.08 Å². The minimum Gasteiger partial charge on any atom is -0.481 e. The third-order valence-electron chi connectivity index (χ3n) is 5.65. The third kappa shape index (κ3) is 5.84. The molecule has 4 nitrogen and oxygen atoms in total. The Morgan fingerprint density at radius 2 is 1.93 bits per heavy atom. The van der Waals surface area contributed by atoms with E-state index in [1.807, 2.05) is 48.2 Å². The number of hydrogen-bond donors (Lipinski definition) is 2. The van der Waals surface area contributed by atoms with Crippen LogP contribution >= 0.6 is 11.8 Å². The van der Waals surface area contributed by atoms with Crippen molar-refractivity contribution in [2.24, 2.45) is 11.8 Å². The summed E-state index contributed by atoms with van der Waals surface area (Å²) >= 11 is 1.85. The lowest BCUT2D eigenvalue weighted by Crippen LogP contribution is -2.26. The number of ether oxygens (including phenoxy) is 1. The molecule has 2 heterocycles. The van der Waals surface area contributed by atoms with Gasteiger partial charge in [0.05, 0.1) is 18.3 Å². The minimum atomic E-state index is -0.706. The van der Waals surface area contributed by atoms with E-state index in [0.717, 1.165) is 49.2 Å². The topological polar surface area (TPSA) is 66.8 Å². The van der Waals surface area contributed by atoms with E-state index in [1.165, 1.54) is 0 Å². The van der Waals surface area contributed by atoms with Gasteiger partial charge in [-0.1, -0.05) is 42.5 Å². The van der Waals surface area contributed by atoms with Crippen molar-refractivity contribution < 1.29 is 19.7 Å². The number of carboxylic acids is 1. The first-order valence-electron chi connectivity index (χ1n) is 10.0. The van der Waals surface area contributed by atoms with Crippen molar-refractivity contribution in [1.82, 2.24) is 0 Å². The molecular weight excluding hydrogens is 360 g/mol. The molecule has 0 saturated carbocycles. The molecule has 0 aromatic heterocycles. The molecule has 5 heteroatoms. The van der Waals surface area contributed by atoms with Gasteiger partial charge < -0.3 is 14.9 Å². The number of rotatable bonds is 11. The van der Waals surface area contributed by atoms with Gasteiger partial charge in [0.1, 0.15) is 0 Å². The fourth-order valence-electron chi connectivity index (χ4n) is 4.30. The van der Waals surface area contributed by atoms with Crippen LogP contribution in [0.25, 0.3) is 0 Å². The zero-order chi connectivity index (χ0) is 19.1. The quantitative estimate of drug-likeness (QED) is 0.432. The van der Waals surface area contributed by atoms with E-state index < -0.39 is 12.1 Å². The average molecular weight is 391 g/mol. The zero-order valence-electron chi connectivity index (χ0n) is 15.7. The molecule has 1 unspecified atom stereocenters. The summed E-state index contributed by atoms with van der Waals surface area (Å²) in [5.41, 5.74) is 0.923. The lowest BCUT2D eigenvalue weighted by molar-refractivity contribution is -0.137. The summed E-state index contributed by atoms with van der Waals surface area (Å²) in [5.74, 6) is 2.24. The largest absolute Gasteiger partial charge is 0.481 e. The van der Waals surface area contributed by atoms with Gasteiger partial charge in [-0.2, -0.15) is 11.8 Å². The fraction of sp³-hybridized carbons (Fsp3) is 0.591. The maximum absolute atomic E-state index is 10.5. The van der Waals surface area contributed by atoms with Gasteiger partial charge in [0, 0.05) is 12.3 Å². The maximum Gasteiger partial charge on any atom is 0.303 e. The summed E-state index contributed by atoms with van der Waals surface area (Å²) in [6.07, 6.45) is 9.82. The maximum atomic E-state index is 10.5. The van der Waals surface area contributed by atoms with Crippen LogP contribution in [0.3, 0.4) is 0 Å². The predicted octanol–water partition coefficient (Wildman–Crippen LogP) is 4.45. The standard InChI is InChI=1S/C22H30O4S/c23-19(16-6-2-1-3-7-16)11-10-18-17(20-12-13-21(18)26-20)8-4-14-27-15-5-9-22(24)25/h1-3,6-7,10-11,17-21,23H,4-5,8-9,12-15H2,(H,24,25)/t17-,18+,19?,20-,21+/m1/s1. The second-order valence-electron chi connectivity index (χ2n) is 7.52. The number of fused-ring (bicyclic) bond motifs is 2. The van der Waals surface area contributed by atoms with Crippen molar-refractivity contribution >= 4 is 17.7 Å². The smallest absolute Gasteiger partial charge is 0.303 e. The summed E-state index contributed by atoms with van der Waals surface area (Å²) in [6, 6.07) is 9.75. The highest BCUT2D eigenvalue weighted by molar-refractivity contribution is 7.99. The van der Waals surface area contributed by atoms with Crippen molar-refractivity contribution in [3.8, 4) is 0 Å². The number of thioether (sulfide) groups is 1. The number of aliphatic hydroxyl groups excluding tert-OH is 1. The summed E-state index contributed by atoms with van der Waals surface area (Å²) in [7, 11) is 0. The molecule has 1 aromatic carbocycles. The second kappa shape index (κ2) is 10.3. The van der Waals surface area contributed by atoms with Crippen molar-refractivity contribution in [1.29, 1.82) is 0 Å². The first kappa shape index (κ1) is 20.4. The van der Waals surface area contributed by atoms with Gasteiger partial charge in [-0.05, 0) is 55.1 Å². The number of benzene rings is 1. The highest BCUT2D eigenvalue weighted by Crippen LogP contribution is 2.46. The molecule has 0 spiro atoms. The highest BCUT2D eigenvalue weighted by Gasteiger charge is 2.47. The molecule has 2 bridgehead atoms. The van der Waals surface area contributed by atoms with Crippen molar-refractivity contribution in [2.45, 2.75) is 56.8 Å². The van der Waals surface area contributed by atoms with Crippen LogP contribution in [0.1, 0.15) is 50.2 Å². The number of aliphatic carboxylic acids is 1. The zero-order valence-corrected chi connectivity index (χ0v) is 16.5. The lowest BCUT2D eigenvalue weighted by Gasteiger charge is -2.26.